The summed E-state index contributed by atoms with van der Waals surface area (Å²) >= 11 is 0. The van der Waals surface area contributed by atoms with Gasteiger partial charge in [-0.15, -0.1) is 0 Å². The number of hydrogen-bond donors (Lipinski definition) is 0. The van der Waals surface area contributed by atoms with Crippen LogP contribution in [-0.2, 0) is 21.9 Å². The molecule has 0 bridgehead atoms. The second-order valence-electron chi connectivity index (χ2n) is 0.204. The van der Waals surface area contributed by atoms with Gasteiger partial charge in [-0.25, -0.2) is 0 Å². The monoisotopic (exact) mass is 99.0 g/mol. The maximum atomic E-state index is 8.68. The van der Waals surface area contributed by atoms with Crippen molar-refractivity contribution in [2.45, 2.75) is 6.92 Å². The molecule has 0 atom stereocenters. The Bertz CT molecular complexity index is 13.5. The zero-order chi connectivity index (χ0) is 2.71. The van der Waals surface area contributed by atoms with Gasteiger partial charge in [0, 0.05) is 0 Å². The first-order valence-electron chi connectivity index (χ1n) is 0.704. The molecule has 0 amide bonds. The van der Waals surface area contributed by atoms with Crippen molar-refractivity contribution in [2.24, 2.45) is 0 Å². The third-order valence-corrected chi connectivity index (χ3v) is 0. The van der Waals surface area contributed by atoms with Gasteiger partial charge < -0.3 is 4.79 Å². The van der Waals surface area contributed by atoms with Gasteiger partial charge in [0.25, 0.3) is 0 Å². The van der Waals surface area contributed by atoms with Crippen molar-refractivity contribution < 1.29 is 21.9 Å². The smallest absolute Gasteiger partial charge is 0.542 e. The van der Waals surface area contributed by atoms with Crippen LogP contribution in [0.5, 0.6) is 0 Å². The first-order chi connectivity index (χ1) is 1.41. The van der Waals surface area contributed by atoms with Crippen LogP contribution < -0.4 is 0 Å². The SMILES string of the molecule is C[C-]=O.[Fe+2]. The Morgan fingerprint density at radius 2 is 1.75 bits per heavy atom. The normalized spacial score (nSPS) is 3.25. The van der Waals surface area contributed by atoms with Gasteiger partial charge in [-0.3, -0.25) is 6.29 Å². The maximum absolute atomic E-state index is 8.68. The van der Waals surface area contributed by atoms with E-state index in [1.807, 2.05) is 0 Å². The third-order valence-electron chi connectivity index (χ3n) is 0. The van der Waals surface area contributed by atoms with Crippen molar-refractivity contribution >= 4 is 6.29 Å². The van der Waals surface area contributed by atoms with Gasteiger partial charge >= 0.3 is 17.1 Å². The third kappa shape index (κ3) is 86.3. The molecule has 0 spiro atoms. The molecule has 0 saturated heterocycles. The van der Waals surface area contributed by atoms with Gasteiger partial charge in [0.2, 0.25) is 0 Å². The number of carbonyl (C=O) groups excluding carboxylic acids is 1. The molecule has 0 fully saturated rings. The molecule has 0 aliphatic heterocycles. The van der Waals surface area contributed by atoms with Crippen LogP contribution in [-0.4, -0.2) is 6.29 Å². The molecule has 0 aromatic heterocycles. The molecule has 0 heterocycles. The fourth-order valence-electron chi connectivity index (χ4n) is 0. The standard InChI is InChI=1S/C2H3O.Fe/c1-2-3;/h1H3;/q-1;+2. The topological polar surface area (TPSA) is 17.1 Å². The Morgan fingerprint density at radius 1 is 1.75 bits per heavy atom. The molecule has 0 aliphatic rings. The predicted octanol–water partition coefficient (Wildman–Crippen LogP) is 0.113. The minimum Gasteiger partial charge on any atom is -0.542 e. The van der Waals surface area contributed by atoms with Gasteiger partial charge in [-0.2, -0.15) is 6.92 Å². The molecule has 24 valence electrons. The van der Waals surface area contributed by atoms with Gasteiger partial charge in [0.1, 0.15) is 0 Å². The Balaban J connectivity index is 0. The van der Waals surface area contributed by atoms with Crippen LogP contribution in [0.1, 0.15) is 6.92 Å². The van der Waals surface area contributed by atoms with Crippen molar-refractivity contribution in [2.75, 3.05) is 0 Å². The van der Waals surface area contributed by atoms with Gasteiger partial charge in [-0.05, 0) is 0 Å². The van der Waals surface area contributed by atoms with E-state index in [1.54, 1.807) is 0 Å². The summed E-state index contributed by atoms with van der Waals surface area (Å²) in [6, 6.07) is 0. The fourth-order valence-corrected chi connectivity index (χ4v) is 0. The molecule has 2 heteroatoms. The van der Waals surface area contributed by atoms with E-state index in [9.17, 15) is 0 Å². The van der Waals surface area contributed by atoms with Crippen LogP contribution in [0.15, 0.2) is 0 Å². The number of rotatable bonds is 0. The van der Waals surface area contributed by atoms with Crippen LogP contribution in [0, 0.1) is 0 Å². The Morgan fingerprint density at radius 3 is 1.75 bits per heavy atom. The summed E-state index contributed by atoms with van der Waals surface area (Å²) in [6.07, 6.45) is 1.50. The Hall–Kier alpha value is 0.189. The molecule has 0 saturated carbocycles. The minimum absolute atomic E-state index is 0. The van der Waals surface area contributed by atoms with Crippen molar-refractivity contribution in [1.29, 1.82) is 0 Å². The molecule has 0 aromatic carbocycles. The van der Waals surface area contributed by atoms with E-state index in [0.717, 1.165) is 0 Å². The Labute approximate surface area is 35.9 Å². The molecule has 0 unspecified atom stereocenters. The van der Waals surface area contributed by atoms with Crippen molar-refractivity contribution in [1.82, 2.24) is 0 Å². The van der Waals surface area contributed by atoms with E-state index in [0.29, 0.717) is 0 Å². The zero-order valence-corrected chi connectivity index (χ0v) is 3.37. The second kappa shape index (κ2) is 10.8. The average molecular weight is 98.9 g/mol. The van der Waals surface area contributed by atoms with Gasteiger partial charge in [0.15, 0.2) is 0 Å². The molecular formula is C2H3FeO+. The molecular weight excluding hydrogens is 95.9 g/mol. The van der Waals surface area contributed by atoms with Crippen LogP contribution in [0.4, 0.5) is 0 Å². The van der Waals surface area contributed by atoms with E-state index in [4.69, 9.17) is 4.79 Å². The predicted molar refractivity (Wildman–Crippen MR) is 11.4 cm³/mol. The van der Waals surface area contributed by atoms with Crippen molar-refractivity contribution in [3.05, 3.63) is 0 Å². The largest absolute Gasteiger partial charge is 2.00 e. The quantitative estimate of drug-likeness (QED) is 0.311. The average Bonchev–Trinajstić information content (AvgIpc) is 0.918. The van der Waals surface area contributed by atoms with Crippen LogP contribution in [0.2, 0.25) is 0 Å². The molecule has 1 nitrogen and oxygen atoms in total. The molecule has 0 N–H and O–H groups in total. The summed E-state index contributed by atoms with van der Waals surface area (Å²) in [5.41, 5.74) is 0. The minimum atomic E-state index is 0. The zero-order valence-electron chi connectivity index (χ0n) is 2.26. The summed E-state index contributed by atoms with van der Waals surface area (Å²) in [4.78, 5) is 8.68. The second-order valence-corrected chi connectivity index (χ2v) is 0.204. The van der Waals surface area contributed by atoms with Crippen LogP contribution in [0.3, 0.4) is 0 Å². The molecule has 0 radical (unpaired) electrons. The van der Waals surface area contributed by atoms with E-state index in [1.165, 1.54) is 13.2 Å². The molecule has 0 aromatic rings. The molecule has 4 heavy (non-hydrogen) atoms. The summed E-state index contributed by atoms with van der Waals surface area (Å²) in [7, 11) is 0. The molecule has 0 aliphatic carbocycles. The fraction of sp³-hybridized carbons (Fsp3) is 0.500. The van der Waals surface area contributed by atoms with E-state index < -0.39 is 0 Å². The molecule has 0 rings (SSSR count). The van der Waals surface area contributed by atoms with Gasteiger partial charge in [-0.1, -0.05) is 0 Å². The summed E-state index contributed by atoms with van der Waals surface area (Å²) in [5.74, 6) is 0. The van der Waals surface area contributed by atoms with E-state index in [2.05, 4.69) is 0 Å². The van der Waals surface area contributed by atoms with E-state index >= 15 is 0 Å². The summed E-state index contributed by atoms with van der Waals surface area (Å²) in [5, 5.41) is 0. The first kappa shape index (κ1) is 8.89. The Kier molecular flexibility index (Phi) is 24.0. The number of hydrogen-bond acceptors (Lipinski definition) is 1. The van der Waals surface area contributed by atoms with Crippen molar-refractivity contribution in [3.63, 3.8) is 0 Å². The van der Waals surface area contributed by atoms with Crippen LogP contribution >= 0.6 is 0 Å². The summed E-state index contributed by atoms with van der Waals surface area (Å²) < 4.78 is 0. The first-order valence-corrected chi connectivity index (χ1v) is 0.704. The van der Waals surface area contributed by atoms with Gasteiger partial charge in [0.05, 0.1) is 0 Å². The van der Waals surface area contributed by atoms with Crippen molar-refractivity contribution in [3.8, 4) is 0 Å². The van der Waals surface area contributed by atoms with Crippen LogP contribution in [0.25, 0.3) is 0 Å². The maximum Gasteiger partial charge on any atom is 2.00 e. The van der Waals surface area contributed by atoms with E-state index in [-0.39, 0.29) is 17.1 Å². The summed E-state index contributed by atoms with van der Waals surface area (Å²) in [6.45, 7) is 1.32.